The van der Waals surface area contributed by atoms with Gasteiger partial charge in [0.05, 0.1) is 0 Å². The maximum absolute atomic E-state index is 11.9. The van der Waals surface area contributed by atoms with Crippen LogP contribution < -0.4 is 0 Å². The van der Waals surface area contributed by atoms with E-state index < -0.39 is 12.1 Å². The van der Waals surface area contributed by atoms with E-state index in [4.69, 9.17) is 9.84 Å². The van der Waals surface area contributed by atoms with E-state index in [1.807, 2.05) is 0 Å². The Morgan fingerprint density at radius 3 is 2.04 bits per heavy atom. The molecule has 0 aromatic heterocycles. The summed E-state index contributed by atoms with van der Waals surface area (Å²) in [5, 5.41) is 8.84. The highest BCUT2D eigenvalue weighted by atomic mass is 16.5. The molecular formula is C22H38O4. The maximum Gasteiger partial charge on any atom is 0.307 e. The molecule has 4 heteroatoms. The molecule has 0 heterocycles. The van der Waals surface area contributed by atoms with Crippen LogP contribution in [0.1, 0.15) is 110 Å². The van der Waals surface area contributed by atoms with Crippen molar-refractivity contribution in [3.8, 4) is 11.8 Å². The van der Waals surface area contributed by atoms with Crippen molar-refractivity contribution in [3.63, 3.8) is 0 Å². The number of hydrogen-bond acceptors (Lipinski definition) is 3. The summed E-state index contributed by atoms with van der Waals surface area (Å²) in [7, 11) is 0. The molecule has 0 saturated carbocycles. The number of hydrogen-bond donors (Lipinski definition) is 1. The van der Waals surface area contributed by atoms with Crippen LogP contribution in [0.25, 0.3) is 0 Å². The van der Waals surface area contributed by atoms with Gasteiger partial charge in [0.15, 0.2) is 6.10 Å². The SMILES string of the molecule is CCCCCCCCC#CC(CCC(=O)O)OC(=O)CCCCCCC. The average Bonchev–Trinajstić information content (AvgIpc) is 2.61. The third-order valence-corrected chi connectivity index (χ3v) is 4.30. The van der Waals surface area contributed by atoms with Gasteiger partial charge in [-0.1, -0.05) is 83.5 Å². The highest BCUT2D eigenvalue weighted by molar-refractivity contribution is 5.70. The van der Waals surface area contributed by atoms with Gasteiger partial charge in [-0.3, -0.25) is 9.59 Å². The van der Waals surface area contributed by atoms with Crippen LogP contribution in [0.5, 0.6) is 0 Å². The van der Waals surface area contributed by atoms with Gasteiger partial charge >= 0.3 is 11.9 Å². The number of ether oxygens (including phenoxy) is 1. The molecule has 0 aromatic rings. The summed E-state index contributed by atoms with van der Waals surface area (Å²) in [6, 6.07) is 0. The second kappa shape index (κ2) is 18.3. The highest BCUT2D eigenvalue weighted by Crippen LogP contribution is 2.10. The molecule has 0 amide bonds. The minimum Gasteiger partial charge on any atom is -0.481 e. The molecule has 1 unspecified atom stereocenters. The van der Waals surface area contributed by atoms with E-state index in [2.05, 4.69) is 25.7 Å². The summed E-state index contributed by atoms with van der Waals surface area (Å²) in [6.45, 7) is 4.36. The van der Waals surface area contributed by atoms with Gasteiger partial charge in [0.2, 0.25) is 0 Å². The van der Waals surface area contributed by atoms with Crippen LogP contribution >= 0.6 is 0 Å². The molecule has 4 nitrogen and oxygen atoms in total. The molecule has 0 rings (SSSR count). The minimum absolute atomic E-state index is 0.0276. The zero-order valence-electron chi connectivity index (χ0n) is 16.9. The topological polar surface area (TPSA) is 63.6 Å². The van der Waals surface area contributed by atoms with Crippen LogP contribution in [0, 0.1) is 11.8 Å². The first-order chi connectivity index (χ1) is 12.6. The molecule has 0 aromatic carbocycles. The predicted molar refractivity (Wildman–Crippen MR) is 106 cm³/mol. The lowest BCUT2D eigenvalue weighted by molar-refractivity contribution is -0.148. The molecule has 0 radical (unpaired) electrons. The van der Waals surface area contributed by atoms with E-state index in [1.54, 1.807) is 0 Å². The van der Waals surface area contributed by atoms with Crippen molar-refractivity contribution in [1.29, 1.82) is 0 Å². The molecule has 1 atom stereocenters. The van der Waals surface area contributed by atoms with Crippen molar-refractivity contribution in [2.24, 2.45) is 0 Å². The Balaban J connectivity index is 4.12. The Labute approximate surface area is 160 Å². The van der Waals surface area contributed by atoms with E-state index in [1.165, 1.54) is 44.9 Å². The fraction of sp³-hybridized carbons (Fsp3) is 0.818. The van der Waals surface area contributed by atoms with Crippen LogP contribution in [-0.2, 0) is 14.3 Å². The summed E-state index contributed by atoms with van der Waals surface area (Å²) in [5.74, 6) is 4.89. The van der Waals surface area contributed by atoms with E-state index in [9.17, 15) is 9.59 Å². The number of rotatable bonds is 16. The van der Waals surface area contributed by atoms with Crippen molar-refractivity contribution < 1.29 is 19.4 Å². The summed E-state index contributed by atoms with van der Waals surface area (Å²) in [6.07, 6.45) is 13.5. The third kappa shape index (κ3) is 17.3. The number of carbonyl (C=O) groups is 2. The van der Waals surface area contributed by atoms with E-state index in [0.717, 1.165) is 32.1 Å². The molecule has 0 spiro atoms. The lowest BCUT2D eigenvalue weighted by Crippen LogP contribution is -2.18. The van der Waals surface area contributed by atoms with Crippen LogP contribution in [-0.4, -0.2) is 23.1 Å². The van der Waals surface area contributed by atoms with E-state index in [0.29, 0.717) is 6.42 Å². The molecule has 0 aliphatic carbocycles. The number of carbonyl (C=O) groups excluding carboxylic acids is 1. The number of carboxylic acid groups (broad SMARTS) is 1. The van der Waals surface area contributed by atoms with Crippen molar-refractivity contribution >= 4 is 11.9 Å². The zero-order valence-corrected chi connectivity index (χ0v) is 16.9. The molecular weight excluding hydrogens is 328 g/mol. The van der Waals surface area contributed by atoms with Gasteiger partial charge < -0.3 is 9.84 Å². The first kappa shape index (κ1) is 24.5. The predicted octanol–water partition coefficient (Wildman–Crippen LogP) is 5.88. The third-order valence-electron chi connectivity index (χ3n) is 4.30. The zero-order chi connectivity index (χ0) is 19.5. The lowest BCUT2D eigenvalue weighted by atomic mass is 10.1. The fourth-order valence-corrected chi connectivity index (χ4v) is 2.69. The number of esters is 1. The first-order valence-corrected chi connectivity index (χ1v) is 10.5. The Morgan fingerprint density at radius 2 is 1.42 bits per heavy atom. The Hall–Kier alpha value is -1.50. The van der Waals surface area contributed by atoms with Crippen LogP contribution in [0.15, 0.2) is 0 Å². The van der Waals surface area contributed by atoms with Crippen LogP contribution in [0.3, 0.4) is 0 Å². The van der Waals surface area contributed by atoms with Gasteiger partial charge in [-0.2, -0.15) is 0 Å². The summed E-state index contributed by atoms with van der Waals surface area (Å²) < 4.78 is 5.39. The van der Waals surface area contributed by atoms with E-state index in [-0.39, 0.29) is 18.8 Å². The van der Waals surface area contributed by atoms with Crippen LogP contribution in [0.4, 0.5) is 0 Å². The Morgan fingerprint density at radius 1 is 0.846 bits per heavy atom. The fourth-order valence-electron chi connectivity index (χ4n) is 2.69. The first-order valence-electron chi connectivity index (χ1n) is 10.5. The van der Waals surface area contributed by atoms with Crippen molar-refractivity contribution in [2.75, 3.05) is 0 Å². The normalized spacial score (nSPS) is 11.5. The Kier molecular flexibility index (Phi) is 17.2. The van der Waals surface area contributed by atoms with Gasteiger partial charge in [0, 0.05) is 25.7 Å². The minimum atomic E-state index is -0.886. The summed E-state index contributed by atoms with van der Waals surface area (Å²) in [5.41, 5.74) is 0. The molecule has 0 fully saturated rings. The number of unbranched alkanes of at least 4 members (excludes halogenated alkanes) is 10. The Bertz CT molecular complexity index is 420. The second-order valence-electron chi connectivity index (χ2n) is 6.91. The van der Waals surface area contributed by atoms with Gasteiger partial charge in [0.1, 0.15) is 0 Å². The van der Waals surface area contributed by atoms with Crippen molar-refractivity contribution in [1.82, 2.24) is 0 Å². The number of carboxylic acids is 1. The molecule has 0 aliphatic rings. The van der Waals surface area contributed by atoms with Crippen molar-refractivity contribution in [2.45, 2.75) is 116 Å². The summed E-state index contributed by atoms with van der Waals surface area (Å²) >= 11 is 0. The molecule has 1 N–H and O–H groups in total. The second-order valence-corrected chi connectivity index (χ2v) is 6.91. The summed E-state index contributed by atoms with van der Waals surface area (Å²) in [4.78, 5) is 22.7. The standard InChI is InChI=1S/C22H38O4/c1-3-5-7-9-10-11-13-14-16-20(18-19-21(23)24)26-22(25)17-15-12-8-6-4-2/h20H,3-13,15,17-19H2,1-2H3,(H,23,24). The monoisotopic (exact) mass is 366 g/mol. The van der Waals surface area contributed by atoms with Gasteiger partial charge in [-0.15, -0.1) is 0 Å². The van der Waals surface area contributed by atoms with Gasteiger partial charge in [0.25, 0.3) is 0 Å². The van der Waals surface area contributed by atoms with Gasteiger partial charge in [-0.25, -0.2) is 0 Å². The molecule has 26 heavy (non-hydrogen) atoms. The van der Waals surface area contributed by atoms with E-state index >= 15 is 0 Å². The average molecular weight is 367 g/mol. The van der Waals surface area contributed by atoms with Gasteiger partial charge in [-0.05, 0) is 12.8 Å². The molecule has 0 aliphatic heterocycles. The van der Waals surface area contributed by atoms with Crippen molar-refractivity contribution in [3.05, 3.63) is 0 Å². The smallest absolute Gasteiger partial charge is 0.307 e. The quantitative estimate of drug-likeness (QED) is 0.210. The highest BCUT2D eigenvalue weighted by Gasteiger charge is 2.13. The lowest BCUT2D eigenvalue weighted by Gasteiger charge is -2.11. The van der Waals surface area contributed by atoms with Crippen LogP contribution in [0.2, 0.25) is 0 Å². The largest absolute Gasteiger partial charge is 0.481 e. The number of aliphatic carboxylic acids is 1. The molecule has 150 valence electrons. The molecule has 0 bridgehead atoms. The molecule has 0 saturated heterocycles. The maximum atomic E-state index is 11.9.